The molecule has 0 spiro atoms. The molecule has 0 amide bonds. The molecule has 0 radical (unpaired) electrons. The average Bonchev–Trinajstić information content (AvgIpc) is 3.89. The third kappa shape index (κ3) is 5.40. The molecule has 0 aliphatic carbocycles. The number of aromatic nitrogens is 4. The Morgan fingerprint density at radius 2 is 0.964 bits per heavy atom. The molecule has 3 aromatic heterocycles. The van der Waals surface area contributed by atoms with Crippen molar-refractivity contribution >= 4 is 53.3 Å². The standard InChI is InChI=1S/C51H32N4S/c1-3-15-33(16-4-1)49-52-50(34-17-5-2-6-18-34)54-51(53-49)37-20-13-19-35(31-37)36-29-30-42-47(32-36)56-46-28-14-24-41(48(42)46)40-23-9-12-27-45(40)55-43-25-10-7-21-38(43)39-22-8-11-26-44(39)55/h1-32H/i1D,2D,3D,4D,5D,6D,15D,16D,17D,18D. The summed E-state index contributed by atoms with van der Waals surface area (Å²) >= 11 is 1.70. The number of hydrogen-bond donors (Lipinski definition) is 0. The molecule has 0 N–H and O–H groups in total. The Balaban J connectivity index is 1.05. The molecule has 0 saturated carbocycles. The topological polar surface area (TPSA) is 43.6 Å². The maximum absolute atomic E-state index is 8.69. The van der Waals surface area contributed by atoms with Gasteiger partial charge in [-0.25, -0.2) is 15.0 Å². The summed E-state index contributed by atoms with van der Waals surface area (Å²) in [6, 6.07) is 39.8. The van der Waals surface area contributed by atoms with Crippen molar-refractivity contribution in [2.24, 2.45) is 0 Å². The van der Waals surface area contributed by atoms with Gasteiger partial charge in [0.25, 0.3) is 0 Å². The van der Waals surface area contributed by atoms with E-state index >= 15 is 0 Å². The fourth-order valence-electron chi connectivity index (χ4n) is 7.60. The van der Waals surface area contributed by atoms with Crippen LogP contribution in [0.2, 0.25) is 0 Å². The van der Waals surface area contributed by atoms with E-state index in [-0.39, 0.29) is 28.6 Å². The van der Waals surface area contributed by atoms with Crippen LogP contribution in [0.25, 0.3) is 104 Å². The number of hydrogen-bond acceptors (Lipinski definition) is 4. The molecule has 0 aliphatic rings. The van der Waals surface area contributed by atoms with Crippen LogP contribution in [0.3, 0.4) is 0 Å². The molecule has 11 rings (SSSR count). The minimum absolute atomic E-state index is 0.00460. The van der Waals surface area contributed by atoms with E-state index in [0.29, 0.717) is 5.56 Å². The number of para-hydroxylation sites is 3. The molecule has 4 nitrogen and oxygen atoms in total. The van der Waals surface area contributed by atoms with Gasteiger partial charge in [-0.05, 0) is 53.1 Å². The fourth-order valence-corrected chi connectivity index (χ4v) is 8.77. The van der Waals surface area contributed by atoms with Crippen LogP contribution in [0.4, 0.5) is 0 Å². The number of rotatable bonds is 6. The van der Waals surface area contributed by atoms with Crippen molar-refractivity contribution in [3.05, 3.63) is 194 Å². The minimum atomic E-state index is -0.601. The molecular weight excluding hydrogens is 701 g/mol. The zero-order valence-electron chi connectivity index (χ0n) is 39.4. The summed E-state index contributed by atoms with van der Waals surface area (Å²) in [4.78, 5) is 13.7. The Morgan fingerprint density at radius 3 is 1.66 bits per heavy atom. The predicted molar refractivity (Wildman–Crippen MR) is 234 cm³/mol. The van der Waals surface area contributed by atoms with Crippen LogP contribution < -0.4 is 0 Å². The molecule has 0 atom stereocenters. The van der Waals surface area contributed by atoms with Crippen molar-refractivity contribution in [2.45, 2.75) is 0 Å². The number of nitrogens with zero attached hydrogens (tertiary/aromatic N) is 4. The van der Waals surface area contributed by atoms with Crippen LogP contribution in [0.5, 0.6) is 0 Å². The van der Waals surface area contributed by atoms with Crippen molar-refractivity contribution < 1.29 is 13.7 Å². The summed E-state index contributed by atoms with van der Waals surface area (Å²) < 4.78 is 88.9. The molecule has 0 unspecified atom stereocenters. The van der Waals surface area contributed by atoms with Gasteiger partial charge in [0.1, 0.15) is 0 Å². The first kappa shape index (κ1) is 23.5. The Morgan fingerprint density at radius 1 is 0.411 bits per heavy atom. The van der Waals surface area contributed by atoms with E-state index in [4.69, 9.17) is 13.7 Å². The van der Waals surface area contributed by atoms with Gasteiger partial charge in [0.15, 0.2) is 17.5 Å². The molecule has 11 aromatic rings. The molecule has 0 bridgehead atoms. The quantitative estimate of drug-likeness (QED) is 0.170. The maximum atomic E-state index is 8.69. The maximum Gasteiger partial charge on any atom is 0.164 e. The van der Waals surface area contributed by atoms with Crippen LogP contribution in [0.1, 0.15) is 13.7 Å². The van der Waals surface area contributed by atoms with E-state index in [9.17, 15) is 0 Å². The molecule has 3 heterocycles. The third-order valence-electron chi connectivity index (χ3n) is 10.0. The number of benzene rings is 8. The number of thiophene rings is 1. The average molecular weight is 743 g/mol. The number of fused-ring (bicyclic) bond motifs is 6. The normalized spacial score (nSPS) is 14.1. The second-order valence-electron chi connectivity index (χ2n) is 13.3. The van der Waals surface area contributed by atoms with Crippen molar-refractivity contribution in [3.8, 4) is 62.1 Å². The van der Waals surface area contributed by atoms with Gasteiger partial charge in [-0.1, -0.05) is 157 Å². The van der Waals surface area contributed by atoms with Gasteiger partial charge in [0.05, 0.1) is 30.4 Å². The van der Waals surface area contributed by atoms with Gasteiger partial charge in [-0.15, -0.1) is 11.3 Å². The first-order valence-electron chi connectivity index (χ1n) is 23.0. The molecule has 262 valence electrons. The van der Waals surface area contributed by atoms with E-state index in [1.54, 1.807) is 17.4 Å². The largest absolute Gasteiger partial charge is 0.309 e. The zero-order chi connectivity index (χ0) is 45.7. The lowest BCUT2D eigenvalue weighted by molar-refractivity contribution is 1.07. The van der Waals surface area contributed by atoms with Crippen LogP contribution in [0, 0.1) is 0 Å². The lowest BCUT2D eigenvalue weighted by Crippen LogP contribution is -2.00. The van der Waals surface area contributed by atoms with Gasteiger partial charge in [0.2, 0.25) is 0 Å². The lowest BCUT2D eigenvalue weighted by Gasteiger charge is -2.15. The molecular formula is C51H32N4S. The first-order valence-corrected chi connectivity index (χ1v) is 18.8. The summed E-state index contributed by atoms with van der Waals surface area (Å²) in [7, 11) is 0. The highest BCUT2D eigenvalue weighted by atomic mass is 32.1. The molecule has 0 fully saturated rings. The van der Waals surface area contributed by atoms with Gasteiger partial charge in [0, 0.05) is 53.2 Å². The van der Waals surface area contributed by atoms with Gasteiger partial charge in [-0.3, -0.25) is 0 Å². The second kappa shape index (κ2) is 13.3. The zero-order valence-corrected chi connectivity index (χ0v) is 30.2. The summed E-state index contributed by atoms with van der Waals surface area (Å²) in [5, 5.41) is 4.64. The van der Waals surface area contributed by atoms with E-state index in [1.165, 1.54) is 10.8 Å². The van der Waals surface area contributed by atoms with Gasteiger partial charge >= 0.3 is 0 Å². The highest BCUT2D eigenvalue weighted by Gasteiger charge is 2.19. The highest BCUT2D eigenvalue weighted by molar-refractivity contribution is 7.26. The molecule has 5 heteroatoms. The van der Waals surface area contributed by atoms with Gasteiger partial charge < -0.3 is 4.57 Å². The van der Waals surface area contributed by atoms with Crippen molar-refractivity contribution in [1.29, 1.82) is 0 Å². The molecule has 8 aromatic carbocycles. The molecule has 0 saturated heterocycles. The first-order chi connectivity index (χ1) is 31.9. The molecule has 56 heavy (non-hydrogen) atoms. The summed E-state index contributed by atoms with van der Waals surface area (Å²) in [6.45, 7) is 0. The second-order valence-corrected chi connectivity index (χ2v) is 14.3. The third-order valence-corrected chi connectivity index (χ3v) is 11.2. The van der Waals surface area contributed by atoms with Crippen molar-refractivity contribution in [3.63, 3.8) is 0 Å². The fraction of sp³-hybridized carbons (Fsp3) is 0. The lowest BCUT2D eigenvalue weighted by atomic mass is 9.96. The van der Waals surface area contributed by atoms with E-state index in [1.807, 2.05) is 18.2 Å². The molecule has 0 aliphatic heterocycles. The Bertz CT molecular complexity index is 3660. The summed E-state index contributed by atoms with van der Waals surface area (Å²) in [5.41, 5.74) is 7.09. The van der Waals surface area contributed by atoms with E-state index in [2.05, 4.69) is 129 Å². The SMILES string of the molecule is [2H]c1c([2H])c([2H])c(-c2nc(-c3cccc(-c4ccc5c(c4)sc4cccc(-c6ccccc6-n6c7ccccc7c7ccccc76)c45)c3)nc(-c3c([2H])c([2H])c([2H])c([2H])c3[2H])n2)c([2H])c1[2H]. The Kier molecular flexibility index (Phi) is 5.58. The minimum Gasteiger partial charge on any atom is -0.309 e. The van der Waals surface area contributed by atoms with Crippen LogP contribution >= 0.6 is 11.3 Å². The Hall–Kier alpha value is -7.21. The highest BCUT2D eigenvalue weighted by Crippen LogP contribution is 2.44. The predicted octanol–water partition coefficient (Wildman–Crippen LogP) is 13.7. The monoisotopic (exact) mass is 742 g/mol. The van der Waals surface area contributed by atoms with Crippen LogP contribution in [-0.2, 0) is 0 Å². The summed E-state index contributed by atoms with van der Waals surface area (Å²) in [6.07, 6.45) is 0. The smallest absolute Gasteiger partial charge is 0.164 e. The van der Waals surface area contributed by atoms with Crippen LogP contribution in [-0.4, -0.2) is 19.5 Å². The van der Waals surface area contributed by atoms with Gasteiger partial charge in [-0.2, -0.15) is 0 Å². The van der Waals surface area contributed by atoms with Crippen LogP contribution in [0.15, 0.2) is 194 Å². The Labute approximate surface area is 341 Å². The summed E-state index contributed by atoms with van der Waals surface area (Å²) in [5.74, 6) is -0.622. The van der Waals surface area contributed by atoms with Crippen molar-refractivity contribution in [1.82, 2.24) is 19.5 Å². The van der Waals surface area contributed by atoms with E-state index < -0.39 is 60.4 Å². The van der Waals surface area contributed by atoms with Crippen molar-refractivity contribution in [2.75, 3.05) is 0 Å². The van der Waals surface area contributed by atoms with E-state index in [0.717, 1.165) is 59.1 Å².